The molecule has 7 nitrogen and oxygen atoms in total. The third-order valence-corrected chi connectivity index (χ3v) is 4.37. The predicted octanol–water partition coefficient (Wildman–Crippen LogP) is 0.923. The Morgan fingerprint density at radius 2 is 1.86 bits per heavy atom. The molecule has 0 radical (unpaired) electrons. The van der Waals surface area contributed by atoms with E-state index in [9.17, 15) is 8.42 Å². The number of sulfonamides is 1. The number of hydrogen-bond donors (Lipinski definition) is 2. The van der Waals surface area contributed by atoms with Crippen molar-refractivity contribution < 1.29 is 8.42 Å². The smallest absolute Gasteiger partial charge is 0.264 e. The van der Waals surface area contributed by atoms with E-state index in [1.807, 2.05) is 0 Å². The normalized spacial score (nSPS) is 11.1. The van der Waals surface area contributed by atoms with Gasteiger partial charge in [0.05, 0.1) is 16.3 Å². The van der Waals surface area contributed by atoms with Crippen LogP contribution in [-0.4, -0.2) is 28.6 Å². The molecule has 0 saturated heterocycles. The summed E-state index contributed by atoms with van der Waals surface area (Å²) in [6.45, 7) is 3.44. The number of thiocarbonyl (C=S) groups is 1. The van der Waals surface area contributed by atoms with Crippen molar-refractivity contribution in [3.05, 3.63) is 41.2 Å². The molecule has 0 saturated carbocycles. The Balaban J connectivity index is 2.43. The van der Waals surface area contributed by atoms with Crippen molar-refractivity contribution in [2.45, 2.75) is 18.7 Å². The number of rotatable bonds is 4. The Kier molecular flexibility index (Phi) is 4.14. The second kappa shape index (κ2) is 5.70. The number of nitrogens with one attached hydrogen (secondary N) is 1. The van der Waals surface area contributed by atoms with E-state index < -0.39 is 10.0 Å². The Bertz CT molecular complexity index is 805. The van der Waals surface area contributed by atoms with Crippen molar-refractivity contribution in [1.29, 1.82) is 0 Å². The molecule has 1 heterocycles. The second-order valence-corrected chi connectivity index (χ2v) is 6.36. The molecule has 0 amide bonds. The van der Waals surface area contributed by atoms with Gasteiger partial charge in [-0.05, 0) is 19.9 Å². The molecule has 0 bridgehead atoms. The Labute approximate surface area is 127 Å². The lowest BCUT2D eigenvalue weighted by atomic mass is 10.2. The highest BCUT2D eigenvalue weighted by atomic mass is 32.2. The molecule has 110 valence electrons. The van der Waals surface area contributed by atoms with Crippen LogP contribution in [0.15, 0.2) is 29.2 Å². The molecule has 2 rings (SSSR count). The van der Waals surface area contributed by atoms with Crippen LogP contribution in [0.25, 0.3) is 0 Å². The van der Waals surface area contributed by atoms with Gasteiger partial charge in [-0.2, -0.15) is 5.10 Å². The fourth-order valence-electron chi connectivity index (χ4n) is 1.58. The molecule has 0 aliphatic heterocycles. The Morgan fingerprint density at radius 3 is 2.48 bits per heavy atom. The molecule has 0 aliphatic rings. The van der Waals surface area contributed by atoms with Gasteiger partial charge in [-0.3, -0.25) is 0 Å². The lowest BCUT2D eigenvalue weighted by Crippen LogP contribution is -2.21. The quantitative estimate of drug-likeness (QED) is 0.805. The molecule has 0 atom stereocenters. The van der Waals surface area contributed by atoms with Crippen molar-refractivity contribution in [3.8, 4) is 0 Å². The number of benzene rings is 1. The highest BCUT2D eigenvalue weighted by Crippen LogP contribution is 2.18. The van der Waals surface area contributed by atoms with Gasteiger partial charge < -0.3 is 5.73 Å². The van der Waals surface area contributed by atoms with Crippen LogP contribution in [0, 0.1) is 13.8 Å². The van der Waals surface area contributed by atoms with Gasteiger partial charge in [0.1, 0.15) is 4.99 Å². The van der Waals surface area contributed by atoms with E-state index in [1.54, 1.807) is 26.0 Å². The van der Waals surface area contributed by atoms with E-state index >= 15 is 0 Å². The second-order valence-electron chi connectivity index (χ2n) is 4.27. The highest BCUT2D eigenvalue weighted by molar-refractivity contribution is 7.93. The average molecular weight is 323 g/mol. The third-order valence-electron chi connectivity index (χ3n) is 2.76. The summed E-state index contributed by atoms with van der Waals surface area (Å²) in [7, 11) is -3.90. The van der Waals surface area contributed by atoms with Gasteiger partial charge in [-0.25, -0.2) is 18.1 Å². The van der Waals surface area contributed by atoms with Crippen molar-refractivity contribution in [2.24, 2.45) is 5.73 Å². The molecule has 0 unspecified atom stereocenters. The first-order valence-corrected chi connectivity index (χ1v) is 7.80. The SMILES string of the molecule is Cc1nnc(NS(=O)(=O)c2ccccc2C(N)=S)nc1C. The molecule has 2 aromatic rings. The van der Waals surface area contributed by atoms with Gasteiger partial charge in [-0.15, -0.1) is 5.10 Å². The van der Waals surface area contributed by atoms with E-state index in [-0.39, 0.29) is 21.4 Å². The summed E-state index contributed by atoms with van der Waals surface area (Å²) >= 11 is 4.86. The van der Waals surface area contributed by atoms with Gasteiger partial charge >= 0.3 is 0 Å². The number of nitrogens with zero attached hydrogens (tertiary/aromatic N) is 3. The van der Waals surface area contributed by atoms with Crippen molar-refractivity contribution in [3.63, 3.8) is 0 Å². The first kappa shape index (κ1) is 15.3. The fourth-order valence-corrected chi connectivity index (χ4v) is 2.98. The van der Waals surface area contributed by atoms with Crippen LogP contribution in [0.1, 0.15) is 17.0 Å². The van der Waals surface area contributed by atoms with Gasteiger partial charge in [-0.1, -0.05) is 30.4 Å². The zero-order chi connectivity index (χ0) is 15.6. The minimum Gasteiger partial charge on any atom is -0.389 e. The molecule has 0 fully saturated rings. The molecular formula is C12H13N5O2S2. The lowest BCUT2D eigenvalue weighted by molar-refractivity contribution is 0.600. The largest absolute Gasteiger partial charge is 0.389 e. The molecule has 0 aliphatic carbocycles. The van der Waals surface area contributed by atoms with Crippen LogP contribution in [-0.2, 0) is 10.0 Å². The minimum atomic E-state index is -3.90. The van der Waals surface area contributed by atoms with E-state index in [2.05, 4.69) is 19.9 Å². The number of anilines is 1. The van der Waals surface area contributed by atoms with Gasteiger partial charge in [0.15, 0.2) is 0 Å². The summed E-state index contributed by atoms with van der Waals surface area (Å²) in [5.74, 6) is -0.101. The summed E-state index contributed by atoms with van der Waals surface area (Å²) in [5.41, 5.74) is 7.02. The molecule has 3 N–H and O–H groups in total. The maximum Gasteiger partial charge on any atom is 0.264 e. The Hall–Kier alpha value is -2.13. The van der Waals surface area contributed by atoms with Crippen LogP contribution >= 0.6 is 12.2 Å². The topological polar surface area (TPSA) is 111 Å². The monoisotopic (exact) mass is 323 g/mol. The predicted molar refractivity (Wildman–Crippen MR) is 82.4 cm³/mol. The molecule has 0 spiro atoms. The van der Waals surface area contributed by atoms with Crippen LogP contribution in [0.4, 0.5) is 5.95 Å². The van der Waals surface area contributed by atoms with E-state index in [1.165, 1.54) is 12.1 Å². The van der Waals surface area contributed by atoms with E-state index in [0.29, 0.717) is 11.4 Å². The van der Waals surface area contributed by atoms with Crippen LogP contribution in [0.3, 0.4) is 0 Å². The highest BCUT2D eigenvalue weighted by Gasteiger charge is 2.21. The summed E-state index contributed by atoms with van der Waals surface area (Å²) in [4.78, 5) is 4.00. The zero-order valence-electron chi connectivity index (χ0n) is 11.4. The maximum absolute atomic E-state index is 12.4. The van der Waals surface area contributed by atoms with Crippen molar-refractivity contribution in [1.82, 2.24) is 15.2 Å². The average Bonchev–Trinajstić information content (AvgIpc) is 2.42. The third kappa shape index (κ3) is 3.31. The van der Waals surface area contributed by atoms with Gasteiger partial charge in [0.25, 0.3) is 16.0 Å². The van der Waals surface area contributed by atoms with Crippen molar-refractivity contribution >= 4 is 33.2 Å². The van der Waals surface area contributed by atoms with E-state index in [4.69, 9.17) is 18.0 Å². The summed E-state index contributed by atoms with van der Waals surface area (Å²) < 4.78 is 27.0. The summed E-state index contributed by atoms with van der Waals surface area (Å²) in [6.07, 6.45) is 0. The number of nitrogens with two attached hydrogens (primary N) is 1. The Morgan fingerprint density at radius 1 is 1.19 bits per heavy atom. The zero-order valence-corrected chi connectivity index (χ0v) is 13.0. The first-order valence-electron chi connectivity index (χ1n) is 5.91. The molecule has 9 heteroatoms. The van der Waals surface area contributed by atoms with Crippen molar-refractivity contribution in [2.75, 3.05) is 4.72 Å². The number of aromatic nitrogens is 3. The number of aryl methyl sites for hydroxylation is 2. The molecular weight excluding hydrogens is 310 g/mol. The molecule has 1 aromatic carbocycles. The molecule has 21 heavy (non-hydrogen) atoms. The summed E-state index contributed by atoms with van der Waals surface area (Å²) in [6, 6.07) is 6.18. The lowest BCUT2D eigenvalue weighted by Gasteiger charge is -2.10. The summed E-state index contributed by atoms with van der Waals surface area (Å²) in [5, 5.41) is 7.53. The van der Waals surface area contributed by atoms with Crippen LogP contribution < -0.4 is 10.5 Å². The van der Waals surface area contributed by atoms with Gasteiger partial charge in [0.2, 0.25) is 0 Å². The van der Waals surface area contributed by atoms with Crippen LogP contribution in [0.2, 0.25) is 0 Å². The standard InChI is InChI=1S/C12H13N5O2S2/c1-7-8(2)15-16-12(14-7)17-21(18,19)10-6-4-3-5-9(10)11(13)20/h3-6H,1-2H3,(H2,13,20)(H,14,16,17). The fraction of sp³-hybridized carbons (Fsp3) is 0.167. The molecule has 1 aromatic heterocycles. The minimum absolute atomic E-state index is 0.00453. The van der Waals surface area contributed by atoms with E-state index in [0.717, 1.165) is 0 Å². The van der Waals surface area contributed by atoms with Gasteiger partial charge in [0, 0.05) is 5.56 Å². The maximum atomic E-state index is 12.4. The first-order chi connectivity index (χ1) is 9.81. The van der Waals surface area contributed by atoms with Crippen LogP contribution in [0.5, 0.6) is 0 Å². The number of hydrogen-bond acceptors (Lipinski definition) is 6.